The van der Waals surface area contributed by atoms with Crippen molar-refractivity contribution in [2.45, 2.75) is 55.6 Å². The Balaban J connectivity index is 1.63. The third-order valence-electron chi connectivity index (χ3n) is 4.93. The predicted molar refractivity (Wildman–Crippen MR) is 102 cm³/mol. The number of thioether (sulfide) groups is 1. The van der Waals surface area contributed by atoms with Gasteiger partial charge in [0.25, 0.3) is 0 Å². The number of carbonyl (C=O) groups excluding carboxylic acids is 2. The summed E-state index contributed by atoms with van der Waals surface area (Å²) < 4.78 is 2.15. The highest BCUT2D eigenvalue weighted by atomic mass is 32.2. The van der Waals surface area contributed by atoms with Gasteiger partial charge in [-0.2, -0.15) is 0 Å². The Kier molecular flexibility index (Phi) is 4.06. The molecule has 2 aliphatic rings. The molecule has 6 nitrogen and oxygen atoms in total. The summed E-state index contributed by atoms with van der Waals surface area (Å²) in [4.78, 5) is 31.9. The van der Waals surface area contributed by atoms with Gasteiger partial charge in [0.1, 0.15) is 5.54 Å². The first-order valence-electron chi connectivity index (χ1n) is 8.83. The number of nitrogens with one attached hydrogen (secondary N) is 1. The van der Waals surface area contributed by atoms with E-state index in [1.54, 1.807) is 24.9 Å². The third kappa shape index (κ3) is 2.80. The number of anilines is 2. The van der Waals surface area contributed by atoms with Gasteiger partial charge in [-0.25, -0.2) is 4.98 Å². The van der Waals surface area contributed by atoms with Crippen molar-refractivity contribution in [2.75, 3.05) is 10.2 Å². The Morgan fingerprint density at radius 3 is 2.81 bits per heavy atom. The molecule has 136 valence electrons. The molecule has 7 heteroatoms. The first kappa shape index (κ1) is 17.1. The summed E-state index contributed by atoms with van der Waals surface area (Å²) in [6.45, 7) is 5.43. The normalized spacial score (nSPS) is 19.7. The molecule has 2 heterocycles. The molecule has 1 N–H and O–H groups in total. The molecular weight excluding hydrogens is 348 g/mol. The molecule has 2 amide bonds. The molecule has 0 spiro atoms. The molecule has 1 saturated carbocycles. The van der Waals surface area contributed by atoms with Crippen LogP contribution in [-0.4, -0.2) is 32.2 Å². The lowest BCUT2D eigenvalue weighted by Crippen LogP contribution is -2.60. The zero-order valence-electron chi connectivity index (χ0n) is 15.1. The summed E-state index contributed by atoms with van der Waals surface area (Å²) >= 11 is 1.45. The van der Waals surface area contributed by atoms with E-state index in [4.69, 9.17) is 0 Å². The van der Waals surface area contributed by atoms with Crippen LogP contribution in [0.2, 0.25) is 0 Å². The lowest BCUT2D eigenvalue weighted by atomic mass is 9.96. The van der Waals surface area contributed by atoms with Gasteiger partial charge in [-0.05, 0) is 45.7 Å². The van der Waals surface area contributed by atoms with Gasteiger partial charge in [0.15, 0.2) is 5.16 Å². The fourth-order valence-corrected chi connectivity index (χ4v) is 4.23. The van der Waals surface area contributed by atoms with E-state index in [2.05, 4.69) is 14.9 Å². The highest BCUT2D eigenvalue weighted by Gasteiger charge is 2.45. The second-order valence-electron chi connectivity index (χ2n) is 7.31. The van der Waals surface area contributed by atoms with Gasteiger partial charge in [-0.1, -0.05) is 23.9 Å². The largest absolute Gasteiger partial charge is 0.323 e. The Morgan fingerprint density at radius 2 is 2.08 bits per heavy atom. The maximum absolute atomic E-state index is 13.3. The van der Waals surface area contributed by atoms with Gasteiger partial charge in [-0.15, -0.1) is 0 Å². The highest BCUT2D eigenvalue weighted by Crippen LogP contribution is 2.41. The van der Waals surface area contributed by atoms with Gasteiger partial charge in [0, 0.05) is 18.4 Å². The molecule has 0 unspecified atom stereocenters. The zero-order chi connectivity index (χ0) is 18.5. The Hall–Kier alpha value is -2.28. The molecule has 1 aromatic heterocycles. The quantitative estimate of drug-likeness (QED) is 0.837. The van der Waals surface area contributed by atoms with Crippen molar-refractivity contribution >= 4 is 35.0 Å². The van der Waals surface area contributed by atoms with Crippen LogP contribution in [0.3, 0.4) is 0 Å². The molecule has 1 atom stereocenters. The van der Waals surface area contributed by atoms with Crippen LogP contribution >= 0.6 is 11.8 Å². The standard InChI is InChI=1S/C19H22N4O2S/c1-12(26-18-20-10-11-22(18)13-8-9-13)16(24)23-15-7-5-4-6-14(15)21-17(25)19(23,2)3/h4-7,10-13H,8-9H2,1-3H3,(H,21,25)/t12-/m0/s1. The molecule has 1 aliphatic carbocycles. The van der Waals surface area contributed by atoms with Crippen LogP contribution in [0, 0.1) is 0 Å². The molecule has 1 aliphatic heterocycles. The van der Waals surface area contributed by atoms with Crippen molar-refractivity contribution in [2.24, 2.45) is 0 Å². The minimum atomic E-state index is -0.952. The van der Waals surface area contributed by atoms with Crippen LogP contribution < -0.4 is 10.2 Å². The Morgan fingerprint density at radius 1 is 1.35 bits per heavy atom. The maximum atomic E-state index is 13.3. The SMILES string of the molecule is C[C@H](Sc1nccn1C1CC1)C(=O)N1c2ccccc2NC(=O)C1(C)C. The predicted octanol–water partition coefficient (Wildman–Crippen LogP) is 3.46. The third-order valence-corrected chi connectivity index (χ3v) is 6.01. The summed E-state index contributed by atoms with van der Waals surface area (Å²) in [6, 6.07) is 7.94. The van der Waals surface area contributed by atoms with Crippen molar-refractivity contribution in [3.05, 3.63) is 36.7 Å². The van der Waals surface area contributed by atoms with Crippen molar-refractivity contribution in [3.63, 3.8) is 0 Å². The molecule has 4 rings (SSSR count). The average Bonchev–Trinajstić information content (AvgIpc) is 3.35. The minimum absolute atomic E-state index is 0.0901. The van der Waals surface area contributed by atoms with Gasteiger partial charge in [-0.3, -0.25) is 14.5 Å². The van der Waals surface area contributed by atoms with E-state index in [0.29, 0.717) is 11.7 Å². The van der Waals surface area contributed by atoms with Crippen LogP contribution in [0.25, 0.3) is 0 Å². The molecule has 0 bridgehead atoms. The lowest BCUT2D eigenvalue weighted by molar-refractivity contribution is -0.126. The molecule has 26 heavy (non-hydrogen) atoms. The van der Waals surface area contributed by atoms with E-state index in [1.165, 1.54) is 24.6 Å². The molecule has 0 saturated heterocycles. The smallest absolute Gasteiger partial charge is 0.250 e. The van der Waals surface area contributed by atoms with Gasteiger partial charge in [0.05, 0.1) is 16.6 Å². The number of hydrogen-bond acceptors (Lipinski definition) is 4. The number of fused-ring (bicyclic) bond motifs is 1. The van der Waals surface area contributed by atoms with Gasteiger partial charge in [0.2, 0.25) is 11.8 Å². The van der Waals surface area contributed by atoms with Crippen molar-refractivity contribution < 1.29 is 9.59 Å². The van der Waals surface area contributed by atoms with Crippen molar-refractivity contribution in [1.29, 1.82) is 0 Å². The zero-order valence-corrected chi connectivity index (χ0v) is 15.9. The molecule has 1 fully saturated rings. The number of carbonyl (C=O) groups is 2. The number of benzene rings is 1. The number of amides is 2. The van der Waals surface area contributed by atoms with E-state index in [9.17, 15) is 9.59 Å². The lowest BCUT2D eigenvalue weighted by Gasteiger charge is -2.43. The monoisotopic (exact) mass is 370 g/mol. The van der Waals surface area contributed by atoms with Gasteiger partial charge < -0.3 is 9.88 Å². The number of hydrogen-bond donors (Lipinski definition) is 1. The van der Waals surface area contributed by atoms with Crippen molar-refractivity contribution in [3.8, 4) is 0 Å². The molecule has 0 radical (unpaired) electrons. The van der Waals surface area contributed by atoms with E-state index in [-0.39, 0.29) is 17.1 Å². The minimum Gasteiger partial charge on any atom is -0.323 e. The topological polar surface area (TPSA) is 67.2 Å². The summed E-state index contributed by atoms with van der Waals surface area (Å²) in [7, 11) is 0. The average molecular weight is 370 g/mol. The molecular formula is C19H22N4O2S. The Labute approximate surface area is 157 Å². The molecule has 2 aromatic rings. The number of nitrogens with zero attached hydrogens (tertiary/aromatic N) is 3. The first-order valence-corrected chi connectivity index (χ1v) is 9.71. The van der Waals surface area contributed by atoms with Crippen LogP contribution in [0.5, 0.6) is 0 Å². The van der Waals surface area contributed by atoms with E-state index in [1.807, 2.05) is 37.4 Å². The van der Waals surface area contributed by atoms with E-state index >= 15 is 0 Å². The van der Waals surface area contributed by atoms with Crippen LogP contribution in [0.4, 0.5) is 11.4 Å². The van der Waals surface area contributed by atoms with Gasteiger partial charge >= 0.3 is 0 Å². The van der Waals surface area contributed by atoms with E-state index in [0.717, 1.165) is 10.8 Å². The maximum Gasteiger partial charge on any atom is 0.250 e. The number of imidazole rings is 1. The van der Waals surface area contributed by atoms with E-state index < -0.39 is 5.54 Å². The van der Waals surface area contributed by atoms with Crippen LogP contribution in [0.1, 0.15) is 39.7 Å². The number of rotatable bonds is 4. The summed E-state index contributed by atoms with van der Waals surface area (Å²) in [5.41, 5.74) is 0.452. The number of para-hydroxylation sites is 2. The van der Waals surface area contributed by atoms with Crippen LogP contribution in [-0.2, 0) is 9.59 Å². The summed E-state index contributed by atoms with van der Waals surface area (Å²) in [6.07, 6.45) is 6.09. The van der Waals surface area contributed by atoms with Crippen molar-refractivity contribution in [1.82, 2.24) is 9.55 Å². The first-order chi connectivity index (χ1) is 12.4. The van der Waals surface area contributed by atoms with Crippen LogP contribution in [0.15, 0.2) is 41.8 Å². The summed E-state index contributed by atoms with van der Waals surface area (Å²) in [5, 5.41) is 3.40. The fraction of sp³-hybridized carbons (Fsp3) is 0.421. The second-order valence-corrected chi connectivity index (χ2v) is 8.62. The summed E-state index contributed by atoms with van der Waals surface area (Å²) in [5.74, 6) is -0.270. The highest BCUT2D eigenvalue weighted by molar-refractivity contribution is 8.00. The fourth-order valence-electron chi connectivity index (χ4n) is 3.26. The number of aromatic nitrogens is 2. The molecule has 1 aromatic carbocycles. The second kappa shape index (κ2) is 6.16. The Bertz CT molecular complexity index is 872.